The van der Waals surface area contributed by atoms with Crippen LogP contribution in [0.3, 0.4) is 0 Å². The molecule has 0 unspecified atom stereocenters. The highest BCUT2D eigenvalue weighted by atomic mass is 16.1. The average Bonchev–Trinajstić information content (AvgIpc) is 3.42. The van der Waals surface area contributed by atoms with Crippen LogP contribution in [0.15, 0.2) is 73.3 Å². The Morgan fingerprint density at radius 1 is 1.00 bits per heavy atom. The molecule has 0 spiro atoms. The average molecular weight is 423 g/mol. The van der Waals surface area contributed by atoms with Gasteiger partial charge in [-0.15, -0.1) is 5.10 Å². The molecule has 0 saturated heterocycles. The minimum Gasteiger partial charge on any atom is -0.289 e. The summed E-state index contributed by atoms with van der Waals surface area (Å²) in [6, 6.07) is 18.1. The summed E-state index contributed by atoms with van der Waals surface area (Å²) in [6.07, 6.45) is 4.80. The summed E-state index contributed by atoms with van der Waals surface area (Å²) >= 11 is 0. The van der Waals surface area contributed by atoms with Crippen LogP contribution >= 0.6 is 0 Å². The molecule has 1 N–H and O–H groups in total. The first kappa shape index (κ1) is 19.6. The first-order valence-electron chi connectivity index (χ1n) is 10.2. The standard InChI is InChI=1S/C24H21N7O/c1-16-7-9-18(10-8-16)21-11-12-25-22-20(13-27-31(21)22)23(32)28-24-26-15-30(29-24)14-19-6-4-3-5-17(19)2/h3-13,15H,14H2,1-2H3,(H,28,29,32). The van der Waals surface area contributed by atoms with Crippen LogP contribution < -0.4 is 5.32 Å². The van der Waals surface area contributed by atoms with Gasteiger partial charge in [0.1, 0.15) is 11.9 Å². The van der Waals surface area contributed by atoms with E-state index in [1.165, 1.54) is 17.3 Å². The number of carbonyl (C=O) groups excluding carboxylic acids is 1. The third-order valence-electron chi connectivity index (χ3n) is 5.35. The Bertz CT molecular complexity index is 1420. The number of hydrogen-bond acceptors (Lipinski definition) is 5. The molecule has 0 aliphatic heterocycles. The fourth-order valence-electron chi connectivity index (χ4n) is 3.55. The van der Waals surface area contributed by atoms with E-state index in [4.69, 9.17) is 0 Å². The van der Waals surface area contributed by atoms with Crippen molar-refractivity contribution in [1.29, 1.82) is 0 Å². The maximum atomic E-state index is 12.9. The highest BCUT2D eigenvalue weighted by molar-refractivity contribution is 6.07. The van der Waals surface area contributed by atoms with Crippen molar-refractivity contribution in [3.8, 4) is 11.3 Å². The van der Waals surface area contributed by atoms with Gasteiger partial charge in [-0.05, 0) is 31.0 Å². The zero-order chi connectivity index (χ0) is 22.1. The lowest BCUT2D eigenvalue weighted by Crippen LogP contribution is -2.14. The molecule has 0 aliphatic rings. The molecule has 1 amide bonds. The second-order valence-electron chi connectivity index (χ2n) is 7.64. The number of fused-ring (bicyclic) bond motifs is 1. The Hall–Kier alpha value is -4.33. The van der Waals surface area contributed by atoms with Gasteiger partial charge in [0.15, 0.2) is 5.65 Å². The SMILES string of the molecule is Cc1ccc(-c2ccnc3c(C(=O)Nc4ncn(Cc5ccccc5C)n4)cnn23)cc1. The van der Waals surface area contributed by atoms with E-state index < -0.39 is 0 Å². The number of anilines is 1. The molecule has 32 heavy (non-hydrogen) atoms. The molecule has 8 heteroatoms. The number of nitrogens with one attached hydrogen (secondary N) is 1. The zero-order valence-corrected chi connectivity index (χ0v) is 17.7. The summed E-state index contributed by atoms with van der Waals surface area (Å²) in [4.78, 5) is 21.5. The number of aryl methyl sites for hydroxylation is 2. The van der Waals surface area contributed by atoms with Gasteiger partial charge in [0.2, 0.25) is 5.95 Å². The van der Waals surface area contributed by atoms with Crippen molar-refractivity contribution in [1.82, 2.24) is 29.4 Å². The minimum atomic E-state index is -0.359. The van der Waals surface area contributed by atoms with Gasteiger partial charge < -0.3 is 0 Å². The second kappa shape index (κ2) is 8.07. The van der Waals surface area contributed by atoms with Crippen molar-refractivity contribution < 1.29 is 4.79 Å². The summed E-state index contributed by atoms with van der Waals surface area (Å²) in [5.41, 5.74) is 6.17. The number of amides is 1. The maximum Gasteiger partial charge on any atom is 0.263 e. The summed E-state index contributed by atoms with van der Waals surface area (Å²) < 4.78 is 3.37. The van der Waals surface area contributed by atoms with E-state index >= 15 is 0 Å². The van der Waals surface area contributed by atoms with Crippen LogP contribution in [-0.2, 0) is 6.54 Å². The first-order chi connectivity index (χ1) is 15.6. The van der Waals surface area contributed by atoms with Gasteiger partial charge in [-0.2, -0.15) is 5.10 Å². The molecule has 8 nitrogen and oxygen atoms in total. The van der Waals surface area contributed by atoms with E-state index in [0.29, 0.717) is 17.8 Å². The monoisotopic (exact) mass is 423 g/mol. The van der Waals surface area contributed by atoms with E-state index in [1.54, 1.807) is 21.7 Å². The van der Waals surface area contributed by atoms with Crippen molar-refractivity contribution in [2.24, 2.45) is 0 Å². The molecular weight excluding hydrogens is 402 g/mol. The van der Waals surface area contributed by atoms with Crippen LogP contribution in [0.2, 0.25) is 0 Å². The predicted molar refractivity (Wildman–Crippen MR) is 121 cm³/mol. The molecule has 3 aromatic heterocycles. The van der Waals surface area contributed by atoms with Crippen LogP contribution in [0, 0.1) is 13.8 Å². The van der Waals surface area contributed by atoms with Crippen LogP contribution in [0.25, 0.3) is 16.9 Å². The number of hydrogen-bond donors (Lipinski definition) is 1. The smallest absolute Gasteiger partial charge is 0.263 e. The molecule has 0 saturated carbocycles. The maximum absolute atomic E-state index is 12.9. The topological polar surface area (TPSA) is 90.0 Å². The predicted octanol–water partition coefficient (Wildman–Crippen LogP) is 3.91. The Morgan fingerprint density at radius 3 is 2.62 bits per heavy atom. The second-order valence-corrected chi connectivity index (χ2v) is 7.64. The van der Waals surface area contributed by atoms with E-state index in [9.17, 15) is 4.79 Å². The molecule has 0 aliphatic carbocycles. The highest BCUT2D eigenvalue weighted by Crippen LogP contribution is 2.22. The number of carbonyl (C=O) groups is 1. The molecule has 2 aromatic carbocycles. The number of nitrogens with zero attached hydrogens (tertiary/aromatic N) is 6. The van der Waals surface area contributed by atoms with Gasteiger partial charge in [-0.1, -0.05) is 54.1 Å². The van der Waals surface area contributed by atoms with Gasteiger partial charge in [0, 0.05) is 11.8 Å². The Labute approximate surface area is 184 Å². The normalized spacial score (nSPS) is 11.1. The van der Waals surface area contributed by atoms with Crippen LogP contribution in [0.5, 0.6) is 0 Å². The molecule has 0 fully saturated rings. The molecule has 5 aromatic rings. The summed E-state index contributed by atoms with van der Waals surface area (Å²) in [6.45, 7) is 4.67. The minimum absolute atomic E-state index is 0.234. The lowest BCUT2D eigenvalue weighted by molar-refractivity contribution is 0.102. The van der Waals surface area contributed by atoms with E-state index in [0.717, 1.165) is 16.8 Å². The fraction of sp³-hybridized carbons (Fsp3) is 0.125. The molecule has 0 atom stereocenters. The quantitative estimate of drug-likeness (QED) is 0.463. The van der Waals surface area contributed by atoms with E-state index in [-0.39, 0.29) is 11.9 Å². The molecular formula is C24H21N7O. The molecule has 158 valence electrons. The van der Waals surface area contributed by atoms with Gasteiger partial charge >= 0.3 is 0 Å². The molecule has 5 rings (SSSR count). The van der Waals surface area contributed by atoms with E-state index in [2.05, 4.69) is 38.5 Å². The zero-order valence-electron chi connectivity index (χ0n) is 17.7. The summed E-state index contributed by atoms with van der Waals surface area (Å²) in [7, 11) is 0. The van der Waals surface area contributed by atoms with Crippen molar-refractivity contribution in [2.75, 3.05) is 5.32 Å². The first-order valence-corrected chi connectivity index (χ1v) is 10.2. The van der Waals surface area contributed by atoms with Crippen molar-refractivity contribution >= 4 is 17.5 Å². The number of aromatic nitrogens is 6. The van der Waals surface area contributed by atoms with Gasteiger partial charge in [0.25, 0.3) is 5.91 Å². The van der Waals surface area contributed by atoms with Crippen molar-refractivity contribution in [3.63, 3.8) is 0 Å². The lowest BCUT2D eigenvalue weighted by Gasteiger charge is -2.06. The third kappa shape index (κ3) is 3.74. The number of benzene rings is 2. The highest BCUT2D eigenvalue weighted by Gasteiger charge is 2.18. The van der Waals surface area contributed by atoms with Crippen molar-refractivity contribution in [3.05, 3.63) is 95.6 Å². The summed E-state index contributed by atoms with van der Waals surface area (Å²) in [5.74, 6) is -0.125. The molecule has 3 heterocycles. The fourth-order valence-corrected chi connectivity index (χ4v) is 3.55. The molecule has 0 bridgehead atoms. The molecule has 0 radical (unpaired) electrons. The Kier molecular flexibility index (Phi) is 4.95. The largest absolute Gasteiger partial charge is 0.289 e. The van der Waals surface area contributed by atoms with E-state index in [1.807, 2.05) is 55.5 Å². The lowest BCUT2D eigenvalue weighted by atomic mass is 10.1. The Balaban J connectivity index is 1.38. The Morgan fingerprint density at radius 2 is 1.81 bits per heavy atom. The summed E-state index contributed by atoms with van der Waals surface area (Å²) in [5, 5.41) is 11.5. The number of rotatable bonds is 5. The van der Waals surface area contributed by atoms with Gasteiger partial charge in [0.05, 0.1) is 18.4 Å². The van der Waals surface area contributed by atoms with Gasteiger partial charge in [-0.3, -0.25) is 10.1 Å². The van der Waals surface area contributed by atoms with Crippen LogP contribution in [-0.4, -0.2) is 35.3 Å². The van der Waals surface area contributed by atoms with Crippen molar-refractivity contribution in [2.45, 2.75) is 20.4 Å². The third-order valence-corrected chi connectivity index (χ3v) is 5.35. The van der Waals surface area contributed by atoms with Crippen LogP contribution in [0.4, 0.5) is 5.95 Å². The van der Waals surface area contributed by atoms with Crippen LogP contribution in [0.1, 0.15) is 27.0 Å². The van der Waals surface area contributed by atoms with Gasteiger partial charge in [-0.25, -0.2) is 19.2 Å².